The Morgan fingerprint density at radius 2 is 1.77 bits per heavy atom. The summed E-state index contributed by atoms with van der Waals surface area (Å²) in [5.41, 5.74) is 0.294. The van der Waals surface area contributed by atoms with E-state index in [2.05, 4.69) is 0 Å². The molecule has 144 valence electrons. The number of aliphatic hydroxyl groups is 4. The van der Waals surface area contributed by atoms with Gasteiger partial charge in [-0.1, -0.05) is 0 Å². The predicted octanol–water partition coefficient (Wildman–Crippen LogP) is -1.54. The molecule has 1 fully saturated rings. The smallest absolute Gasteiger partial charge is 0.330 e. The minimum atomic E-state index is -1.73. The van der Waals surface area contributed by atoms with Gasteiger partial charge in [0.15, 0.2) is 17.8 Å². The average molecular weight is 372 g/mol. The molecule has 1 aliphatic rings. The Balaban J connectivity index is 1.97. The van der Waals surface area contributed by atoms with Crippen molar-refractivity contribution in [1.29, 1.82) is 0 Å². The van der Waals surface area contributed by atoms with Crippen molar-refractivity contribution >= 4 is 12.0 Å². The number of hydrogen-bond donors (Lipinski definition) is 6. The highest BCUT2D eigenvalue weighted by Gasteiger charge is 2.43. The molecule has 1 saturated heterocycles. The van der Waals surface area contributed by atoms with E-state index in [0.717, 1.165) is 6.08 Å². The molecule has 2 rings (SSSR count). The molecule has 26 heavy (non-hydrogen) atoms. The second-order valence-electron chi connectivity index (χ2n) is 5.58. The number of aliphatic hydroxyl groups excluding tert-OH is 4. The molecule has 1 unspecified atom stereocenters. The van der Waals surface area contributed by atoms with Crippen molar-refractivity contribution in [1.82, 2.24) is 0 Å². The summed E-state index contributed by atoms with van der Waals surface area (Å²) in [4.78, 5) is 11.8. The van der Waals surface area contributed by atoms with Gasteiger partial charge in [-0.05, 0) is 12.1 Å². The molecule has 0 amide bonds. The zero-order valence-corrected chi connectivity index (χ0v) is 13.7. The number of carbonyl (C=O) groups is 1. The highest BCUT2D eigenvalue weighted by Crippen LogP contribution is 2.33. The zero-order valence-electron chi connectivity index (χ0n) is 13.7. The summed E-state index contributed by atoms with van der Waals surface area (Å²) in [6, 6.07) is 2.35. The summed E-state index contributed by atoms with van der Waals surface area (Å²) in [6.45, 7) is -0.483. The molecule has 5 atom stereocenters. The Kier molecular flexibility index (Phi) is 6.40. The fraction of sp³-hybridized carbons (Fsp3) is 0.438. The van der Waals surface area contributed by atoms with Crippen LogP contribution in [0.15, 0.2) is 18.2 Å². The third kappa shape index (κ3) is 4.42. The van der Waals surface area contributed by atoms with Crippen LogP contribution < -0.4 is 4.74 Å². The Morgan fingerprint density at radius 3 is 2.42 bits per heavy atom. The van der Waals surface area contributed by atoms with Crippen LogP contribution in [0.4, 0.5) is 0 Å². The molecule has 0 spiro atoms. The molecular formula is C16H20O10. The number of benzene rings is 1. The first kappa shape index (κ1) is 19.9. The van der Waals surface area contributed by atoms with Crippen LogP contribution in [0, 0.1) is 0 Å². The standard InChI is InChI=1S/C16H20O10/c1-24-10-5-9(18)8(17)4-7(10)2-3-12(19)25-6-11-13(20)14(21)15(22)16(23)26-11/h2-5,11,13-18,20-23H,6H2,1H3/b3-2+/t11-,13-,14+,15-,16?/m1/s1. The van der Waals surface area contributed by atoms with Crippen LogP contribution in [-0.2, 0) is 14.3 Å². The highest BCUT2D eigenvalue weighted by molar-refractivity contribution is 5.87. The Bertz CT molecular complexity index is 673. The van der Waals surface area contributed by atoms with E-state index in [1.807, 2.05) is 0 Å². The van der Waals surface area contributed by atoms with Gasteiger partial charge < -0.3 is 44.8 Å². The van der Waals surface area contributed by atoms with E-state index in [0.29, 0.717) is 5.56 Å². The lowest BCUT2D eigenvalue weighted by molar-refractivity contribution is -0.287. The number of rotatable bonds is 5. The van der Waals surface area contributed by atoms with Crippen molar-refractivity contribution in [3.05, 3.63) is 23.8 Å². The highest BCUT2D eigenvalue weighted by atomic mass is 16.6. The van der Waals surface area contributed by atoms with E-state index in [4.69, 9.17) is 14.2 Å². The summed E-state index contributed by atoms with van der Waals surface area (Å²) < 4.78 is 14.7. The summed E-state index contributed by atoms with van der Waals surface area (Å²) in [7, 11) is 1.34. The molecule has 0 radical (unpaired) electrons. The van der Waals surface area contributed by atoms with Gasteiger partial charge in [0.2, 0.25) is 0 Å². The van der Waals surface area contributed by atoms with Crippen LogP contribution in [0.1, 0.15) is 5.56 Å². The van der Waals surface area contributed by atoms with Crippen molar-refractivity contribution in [3.63, 3.8) is 0 Å². The second-order valence-corrected chi connectivity index (χ2v) is 5.58. The topological polar surface area (TPSA) is 166 Å². The second kappa shape index (κ2) is 8.34. The van der Waals surface area contributed by atoms with Gasteiger partial charge in [0.1, 0.15) is 36.8 Å². The number of hydrogen-bond acceptors (Lipinski definition) is 10. The summed E-state index contributed by atoms with van der Waals surface area (Å²) in [5.74, 6) is -1.43. The summed E-state index contributed by atoms with van der Waals surface area (Å²) >= 11 is 0. The molecule has 10 heteroatoms. The number of aromatic hydroxyl groups is 2. The lowest BCUT2D eigenvalue weighted by Gasteiger charge is -2.37. The molecule has 0 aliphatic carbocycles. The molecule has 1 aromatic carbocycles. The number of methoxy groups -OCH3 is 1. The lowest BCUT2D eigenvalue weighted by Crippen LogP contribution is -2.58. The number of phenolic OH excluding ortho intramolecular Hbond substituents is 2. The fourth-order valence-electron chi connectivity index (χ4n) is 2.32. The van der Waals surface area contributed by atoms with Crippen molar-refractivity contribution in [2.45, 2.75) is 30.7 Å². The van der Waals surface area contributed by atoms with Crippen LogP contribution in [0.25, 0.3) is 6.08 Å². The molecule has 6 N–H and O–H groups in total. The van der Waals surface area contributed by atoms with Gasteiger partial charge in [-0.3, -0.25) is 0 Å². The van der Waals surface area contributed by atoms with Gasteiger partial charge in [-0.2, -0.15) is 0 Å². The van der Waals surface area contributed by atoms with E-state index in [1.54, 1.807) is 0 Å². The van der Waals surface area contributed by atoms with Crippen LogP contribution >= 0.6 is 0 Å². The molecule has 0 bridgehead atoms. The number of phenols is 2. The molecule has 10 nitrogen and oxygen atoms in total. The minimum absolute atomic E-state index is 0.204. The largest absolute Gasteiger partial charge is 0.504 e. The van der Waals surface area contributed by atoms with Gasteiger partial charge in [0.05, 0.1) is 7.11 Å². The lowest BCUT2D eigenvalue weighted by atomic mass is 9.99. The Hall–Kier alpha value is -2.37. The van der Waals surface area contributed by atoms with Crippen molar-refractivity contribution in [2.75, 3.05) is 13.7 Å². The number of esters is 1. The Labute approximate surface area is 148 Å². The third-order valence-electron chi connectivity index (χ3n) is 3.80. The van der Waals surface area contributed by atoms with Crippen LogP contribution in [-0.4, -0.2) is 81.0 Å². The Morgan fingerprint density at radius 1 is 1.12 bits per heavy atom. The minimum Gasteiger partial charge on any atom is -0.504 e. The normalized spacial score (nSPS) is 28.9. The maximum atomic E-state index is 11.8. The molecule has 0 aromatic heterocycles. The van der Waals surface area contributed by atoms with E-state index < -0.39 is 49.0 Å². The van der Waals surface area contributed by atoms with Gasteiger partial charge >= 0.3 is 5.97 Å². The fourth-order valence-corrected chi connectivity index (χ4v) is 2.32. The third-order valence-corrected chi connectivity index (χ3v) is 3.80. The monoisotopic (exact) mass is 372 g/mol. The maximum absolute atomic E-state index is 11.8. The maximum Gasteiger partial charge on any atom is 0.330 e. The average Bonchev–Trinajstić information content (AvgIpc) is 2.62. The van der Waals surface area contributed by atoms with E-state index in [9.17, 15) is 35.4 Å². The van der Waals surface area contributed by atoms with E-state index in [1.165, 1.54) is 25.3 Å². The van der Waals surface area contributed by atoms with Crippen LogP contribution in [0.3, 0.4) is 0 Å². The quantitative estimate of drug-likeness (QED) is 0.203. The van der Waals surface area contributed by atoms with E-state index >= 15 is 0 Å². The molecule has 0 saturated carbocycles. The van der Waals surface area contributed by atoms with E-state index in [-0.39, 0.29) is 11.5 Å². The molecule has 1 heterocycles. The first-order chi connectivity index (χ1) is 12.2. The summed E-state index contributed by atoms with van der Waals surface area (Å²) in [6.07, 6.45) is -5.56. The molecular weight excluding hydrogens is 352 g/mol. The number of carbonyl (C=O) groups excluding carboxylic acids is 1. The van der Waals surface area contributed by atoms with Gasteiger partial charge in [0, 0.05) is 17.7 Å². The van der Waals surface area contributed by atoms with Crippen LogP contribution in [0.5, 0.6) is 17.2 Å². The first-order valence-corrected chi connectivity index (χ1v) is 7.57. The number of ether oxygens (including phenoxy) is 3. The predicted molar refractivity (Wildman–Crippen MR) is 85.2 cm³/mol. The van der Waals surface area contributed by atoms with Gasteiger partial charge in [-0.15, -0.1) is 0 Å². The van der Waals surface area contributed by atoms with Crippen molar-refractivity contribution in [3.8, 4) is 17.2 Å². The SMILES string of the molecule is COc1cc(O)c(O)cc1/C=C/C(=O)OC[C@H]1OC(O)[C@H](O)[C@@H](O)[C@@H]1O. The van der Waals surface area contributed by atoms with Crippen molar-refractivity contribution in [2.24, 2.45) is 0 Å². The van der Waals surface area contributed by atoms with Gasteiger partial charge in [0.25, 0.3) is 0 Å². The molecule has 1 aliphatic heterocycles. The zero-order chi connectivity index (χ0) is 19.4. The first-order valence-electron chi connectivity index (χ1n) is 7.57. The molecule has 1 aromatic rings. The van der Waals surface area contributed by atoms with Gasteiger partial charge in [-0.25, -0.2) is 4.79 Å². The van der Waals surface area contributed by atoms with Crippen molar-refractivity contribution < 1.29 is 49.6 Å². The summed E-state index contributed by atoms with van der Waals surface area (Å²) in [5, 5.41) is 57.0. The van der Waals surface area contributed by atoms with Crippen LogP contribution in [0.2, 0.25) is 0 Å².